The molecule has 6 heteroatoms. The summed E-state index contributed by atoms with van der Waals surface area (Å²) >= 11 is 5.78. The van der Waals surface area contributed by atoms with Crippen molar-refractivity contribution in [3.63, 3.8) is 0 Å². The van der Waals surface area contributed by atoms with Crippen LogP contribution in [0.4, 0.5) is 5.69 Å². The Morgan fingerprint density at radius 3 is 2.70 bits per heavy atom. The van der Waals surface area contributed by atoms with Crippen LogP contribution in [-0.2, 0) is 6.54 Å². The molecule has 5 nitrogen and oxygen atoms in total. The lowest BCUT2D eigenvalue weighted by atomic mass is 10.1. The van der Waals surface area contributed by atoms with Crippen molar-refractivity contribution in [2.45, 2.75) is 19.5 Å². The molecule has 2 aromatic rings. The molecular weight excluding hydrogens is 278 g/mol. The van der Waals surface area contributed by atoms with Gasteiger partial charge in [0.25, 0.3) is 5.69 Å². The van der Waals surface area contributed by atoms with Gasteiger partial charge in [-0.25, -0.2) is 0 Å². The smallest absolute Gasteiger partial charge is 0.288 e. The fourth-order valence-electron chi connectivity index (χ4n) is 1.85. The van der Waals surface area contributed by atoms with Gasteiger partial charge in [0.15, 0.2) is 0 Å². The second-order valence-electron chi connectivity index (χ2n) is 4.43. The van der Waals surface area contributed by atoms with Crippen LogP contribution in [0.2, 0.25) is 5.02 Å². The summed E-state index contributed by atoms with van der Waals surface area (Å²) in [5.74, 6) is 0. The van der Waals surface area contributed by atoms with E-state index in [1.165, 1.54) is 6.07 Å². The van der Waals surface area contributed by atoms with Gasteiger partial charge in [0.05, 0.1) is 4.92 Å². The molecule has 0 saturated heterocycles. The zero-order valence-electron chi connectivity index (χ0n) is 10.9. The highest BCUT2D eigenvalue weighted by Gasteiger charge is 2.13. The molecule has 0 aliphatic carbocycles. The molecule has 1 aromatic carbocycles. The molecule has 104 valence electrons. The summed E-state index contributed by atoms with van der Waals surface area (Å²) in [6.45, 7) is 2.56. The van der Waals surface area contributed by atoms with Crippen molar-refractivity contribution in [1.82, 2.24) is 10.3 Å². The Morgan fingerprint density at radius 2 is 2.05 bits per heavy atom. The van der Waals surface area contributed by atoms with Gasteiger partial charge in [-0.2, -0.15) is 0 Å². The van der Waals surface area contributed by atoms with Gasteiger partial charge < -0.3 is 5.32 Å². The molecule has 0 bridgehead atoms. The van der Waals surface area contributed by atoms with Gasteiger partial charge in [-0.15, -0.1) is 0 Å². The lowest BCUT2D eigenvalue weighted by Crippen LogP contribution is -2.18. The number of aromatic nitrogens is 1. The molecule has 1 N–H and O–H groups in total. The van der Waals surface area contributed by atoms with Crippen LogP contribution in [0.5, 0.6) is 0 Å². The van der Waals surface area contributed by atoms with Crippen molar-refractivity contribution in [2.24, 2.45) is 0 Å². The van der Waals surface area contributed by atoms with E-state index in [1.807, 2.05) is 19.1 Å². The second kappa shape index (κ2) is 6.45. The van der Waals surface area contributed by atoms with Gasteiger partial charge in [0, 0.05) is 31.0 Å². The fourth-order valence-corrected chi connectivity index (χ4v) is 2.04. The molecule has 0 aliphatic heterocycles. The summed E-state index contributed by atoms with van der Waals surface area (Å²) in [5, 5.41) is 14.3. The zero-order valence-corrected chi connectivity index (χ0v) is 11.7. The minimum Gasteiger partial charge on any atom is -0.306 e. The van der Waals surface area contributed by atoms with E-state index in [1.54, 1.807) is 24.5 Å². The van der Waals surface area contributed by atoms with Crippen LogP contribution in [0.25, 0.3) is 0 Å². The third-order valence-corrected chi connectivity index (χ3v) is 3.35. The summed E-state index contributed by atoms with van der Waals surface area (Å²) in [5.41, 5.74) is 1.87. The van der Waals surface area contributed by atoms with Crippen LogP contribution < -0.4 is 5.32 Å². The fraction of sp³-hybridized carbons (Fsp3) is 0.214. The van der Waals surface area contributed by atoms with Crippen molar-refractivity contribution >= 4 is 17.3 Å². The van der Waals surface area contributed by atoms with Crippen molar-refractivity contribution in [1.29, 1.82) is 0 Å². The Balaban J connectivity index is 2.04. The molecule has 1 atom stereocenters. The first kappa shape index (κ1) is 14.4. The highest BCUT2D eigenvalue weighted by atomic mass is 35.5. The van der Waals surface area contributed by atoms with Gasteiger partial charge in [0.1, 0.15) is 5.02 Å². The number of nitrogens with one attached hydrogen (secondary N) is 1. The van der Waals surface area contributed by atoms with Gasteiger partial charge in [-0.3, -0.25) is 15.1 Å². The van der Waals surface area contributed by atoms with Crippen molar-refractivity contribution < 1.29 is 4.92 Å². The number of halogens is 1. The molecule has 0 saturated carbocycles. The highest BCUT2D eigenvalue weighted by Crippen LogP contribution is 2.25. The van der Waals surface area contributed by atoms with Crippen LogP contribution in [-0.4, -0.2) is 9.91 Å². The third-order valence-electron chi connectivity index (χ3n) is 3.03. The lowest BCUT2D eigenvalue weighted by Gasteiger charge is -2.14. The molecule has 0 aliphatic rings. The standard InChI is InChI=1S/C14H14ClN3O2/c1-10(12-4-6-16-7-5-12)17-9-11-2-3-13(15)14(8-11)18(19)20/h2-8,10,17H,9H2,1H3. The minimum absolute atomic E-state index is 0.0671. The monoisotopic (exact) mass is 291 g/mol. The number of nitro benzene ring substituents is 1. The van der Waals surface area contributed by atoms with Crippen LogP contribution in [0, 0.1) is 10.1 Å². The van der Waals surface area contributed by atoms with Gasteiger partial charge in [-0.05, 0) is 36.2 Å². The van der Waals surface area contributed by atoms with Crippen LogP contribution in [0.1, 0.15) is 24.1 Å². The molecule has 0 fully saturated rings. The second-order valence-corrected chi connectivity index (χ2v) is 4.83. The highest BCUT2D eigenvalue weighted by molar-refractivity contribution is 6.32. The Morgan fingerprint density at radius 1 is 1.35 bits per heavy atom. The largest absolute Gasteiger partial charge is 0.306 e. The summed E-state index contributed by atoms with van der Waals surface area (Å²) in [4.78, 5) is 14.3. The maximum atomic E-state index is 10.8. The molecule has 0 radical (unpaired) electrons. The Kier molecular flexibility index (Phi) is 4.65. The number of nitro groups is 1. The normalized spacial score (nSPS) is 12.1. The number of pyridine rings is 1. The molecule has 1 unspecified atom stereocenters. The molecule has 1 heterocycles. The lowest BCUT2D eigenvalue weighted by molar-refractivity contribution is -0.384. The summed E-state index contributed by atoms with van der Waals surface area (Å²) in [6.07, 6.45) is 3.47. The SMILES string of the molecule is CC(NCc1ccc(Cl)c([N+](=O)[O-])c1)c1ccncc1. The third kappa shape index (κ3) is 3.53. The molecule has 0 spiro atoms. The van der Waals surface area contributed by atoms with Crippen LogP contribution >= 0.6 is 11.6 Å². The first-order valence-electron chi connectivity index (χ1n) is 6.14. The first-order chi connectivity index (χ1) is 9.58. The summed E-state index contributed by atoms with van der Waals surface area (Å²) in [6, 6.07) is 8.82. The number of rotatable bonds is 5. The molecule has 2 rings (SSSR count). The average molecular weight is 292 g/mol. The van der Waals surface area contributed by atoms with Crippen molar-refractivity contribution in [2.75, 3.05) is 0 Å². The number of nitrogens with zero attached hydrogens (tertiary/aromatic N) is 2. The number of hydrogen-bond donors (Lipinski definition) is 1. The van der Waals surface area contributed by atoms with E-state index in [9.17, 15) is 10.1 Å². The average Bonchev–Trinajstić information content (AvgIpc) is 2.46. The van der Waals surface area contributed by atoms with E-state index >= 15 is 0 Å². The zero-order chi connectivity index (χ0) is 14.5. The van der Waals surface area contributed by atoms with E-state index in [2.05, 4.69) is 10.3 Å². The predicted octanol–water partition coefficient (Wildman–Crippen LogP) is 3.49. The van der Waals surface area contributed by atoms with Gasteiger partial charge in [0.2, 0.25) is 0 Å². The topological polar surface area (TPSA) is 68.1 Å². The van der Waals surface area contributed by atoms with Crippen molar-refractivity contribution in [3.05, 3.63) is 69.0 Å². The predicted molar refractivity (Wildman–Crippen MR) is 77.6 cm³/mol. The Labute approximate surface area is 121 Å². The van der Waals surface area contributed by atoms with Gasteiger partial charge >= 0.3 is 0 Å². The van der Waals surface area contributed by atoms with E-state index in [-0.39, 0.29) is 16.8 Å². The van der Waals surface area contributed by atoms with E-state index in [4.69, 9.17) is 11.6 Å². The minimum atomic E-state index is -0.474. The van der Waals surface area contributed by atoms with E-state index in [0.29, 0.717) is 6.54 Å². The molecule has 0 amide bonds. The maximum Gasteiger partial charge on any atom is 0.288 e. The van der Waals surface area contributed by atoms with E-state index < -0.39 is 4.92 Å². The molecular formula is C14H14ClN3O2. The molecule has 20 heavy (non-hydrogen) atoms. The quantitative estimate of drug-likeness (QED) is 0.676. The molecule has 1 aromatic heterocycles. The maximum absolute atomic E-state index is 10.8. The summed E-state index contributed by atoms with van der Waals surface area (Å²) < 4.78 is 0. The van der Waals surface area contributed by atoms with Gasteiger partial charge in [-0.1, -0.05) is 17.7 Å². The van der Waals surface area contributed by atoms with Crippen molar-refractivity contribution in [3.8, 4) is 0 Å². The van der Waals surface area contributed by atoms with E-state index in [0.717, 1.165) is 11.1 Å². The van der Waals surface area contributed by atoms with Crippen LogP contribution in [0.3, 0.4) is 0 Å². The number of benzene rings is 1. The Bertz CT molecular complexity index is 605. The van der Waals surface area contributed by atoms with Crippen LogP contribution in [0.15, 0.2) is 42.7 Å². The summed E-state index contributed by atoms with van der Waals surface area (Å²) in [7, 11) is 0. The Hall–Kier alpha value is -1.98. The number of hydrogen-bond acceptors (Lipinski definition) is 4. The first-order valence-corrected chi connectivity index (χ1v) is 6.52.